The molecule has 0 aliphatic carbocycles. The van der Waals surface area contributed by atoms with Crippen molar-refractivity contribution in [1.82, 2.24) is 10.1 Å². The first kappa shape index (κ1) is 17.5. The van der Waals surface area contributed by atoms with Gasteiger partial charge in [-0.15, -0.1) is 0 Å². The number of aryl methyl sites for hydroxylation is 1. The molecule has 25 heavy (non-hydrogen) atoms. The number of ether oxygens (including phenoxy) is 2. The van der Waals surface area contributed by atoms with Gasteiger partial charge in [-0.25, -0.2) is 0 Å². The molecule has 2 aromatic rings. The Morgan fingerprint density at radius 3 is 2.80 bits per heavy atom. The van der Waals surface area contributed by atoms with Gasteiger partial charge in [0.1, 0.15) is 24.2 Å². The number of hydrogen-bond acceptors (Lipinski definition) is 5. The van der Waals surface area contributed by atoms with E-state index in [2.05, 4.69) is 5.16 Å². The maximum Gasteiger partial charge on any atom is 0.228 e. The Kier molecular flexibility index (Phi) is 5.08. The van der Waals surface area contributed by atoms with Crippen LogP contribution in [0.4, 0.5) is 0 Å². The van der Waals surface area contributed by atoms with Crippen LogP contribution < -0.4 is 4.74 Å². The highest BCUT2D eigenvalue weighted by molar-refractivity contribution is 5.78. The summed E-state index contributed by atoms with van der Waals surface area (Å²) in [5.74, 6) is 1.53. The summed E-state index contributed by atoms with van der Waals surface area (Å²) >= 11 is 0. The van der Waals surface area contributed by atoms with Crippen molar-refractivity contribution >= 4 is 5.91 Å². The third-order valence-electron chi connectivity index (χ3n) is 4.02. The maximum atomic E-state index is 12.6. The monoisotopic (exact) mass is 344 g/mol. The van der Waals surface area contributed by atoms with Gasteiger partial charge < -0.3 is 18.9 Å². The predicted octanol–water partition coefficient (Wildman–Crippen LogP) is 2.61. The van der Waals surface area contributed by atoms with Crippen LogP contribution in [-0.4, -0.2) is 47.4 Å². The number of morpholine rings is 1. The van der Waals surface area contributed by atoms with Gasteiger partial charge in [-0.2, -0.15) is 0 Å². The molecule has 0 saturated carbocycles. The summed E-state index contributed by atoms with van der Waals surface area (Å²) in [6.07, 6.45) is 0.0617. The second kappa shape index (κ2) is 7.27. The fourth-order valence-corrected chi connectivity index (χ4v) is 3.05. The molecule has 0 unspecified atom stereocenters. The number of benzene rings is 1. The number of carbonyl (C=O) groups is 1. The molecule has 1 saturated heterocycles. The minimum absolute atomic E-state index is 0.0226. The topological polar surface area (TPSA) is 64.8 Å². The van der Waals surface area contributed by atoms with Crippen molar-refractivity contribution in [3.8, 4) is 5.75 Å². The molecule has 1 aromatic carbocycles. The second-order valence-electron chi connectivity index (χ2n) is 7.00. The summed E-state index contributed by atoms with van der Waals surface area (Å²) in [6, 6.07) is 11.4. The van der Waals surface area contributed by atoms with Gasteiger partial charge in [-0.3, -0.25) is 4.79 Å². The van der Waals surface area contributed by atoms with Gasteiger partial charge in [0.25, 0.3) is 0 Å². The Hall–Kier alpha value is -2.34. The van der Waals surface area contributed by atoms with Gasteiger partial charge in [-0.05, 0) is 32.9 Å². The zero-order valence-electron chi connectivity index (χ0n) is 14.9. The number of nitrogens with zero attached hydrogens (tertiary/aromatic N) is 2. The Balaban J connectivity index is 1.60. The molecule has 2 heterocycles. The van der Waals surface area contributed by atoms with Gasteiger partial charge in [0.15, 0.2) is 0 Å². The molecule has 134 valence electrons. The molecule has 3 rings (SSSR count). The van der Waals surface area contributed by atoms with Crippen molar-refractivity contribution in [2.45, 2.75) is 38.9 Å². The molecule has 0 N–H and O–H groups in total. The van der Waals surface area contributed by atoms with E-state index in [1.54, 1.807) is 6.07 Å². The van der Waals surface area contributed by atoms with Crippen LogP contribution in [0.3, 0.4) is 0 Å². The van der Waals surface area contributed by atoms with Crippen LogP contribution in [0.25, 0.3) is 0 Å². The molecule has 1 fully saturated rings. The molecule has 1 aliphatic heterocycles. The first-order chi connectivity index (χ1) is 11.9. The Labute approximate surface area is 147 Å². The highest BCUT2D eigenvalue weighted by Gasteiger charge is 2.36. The zero-order chi connectivity index (χ0) is 17.9. The summed E-state index contributed by atoms with van der Waals surface area (Å²) < 4.78 is 16.9. The van der Waals surface area contributed by atoms with E-state index in [4.69, 9.17) is 14.0 Å². The summed E-state index contributed by atoms with van der Waals surface area (Å²) in [4.78, 5) is 14.5. The third kappa shape index (κ3) is 4.82. The third-order valence-corrected chi connectivity index (χ3v) is 4.02. The van der Waals surface area contributed by atoms with Gasteiger partial charge in [0.05, 0.1) is 24.3 Å². The summed E-state index contributed by atoms with van der Waals surface area (Å²) in [5.41, 5.74) is 0.238. The number of hydrogen-bond donors (Lipinski definition) is 0. The molecule has 6 nitrogen and oxygen atoms in total. The summed E-state index contributed by atoms with van der Waals surface area (Å²) in [7, 11) is 0. The van der Waals surface area contributed by atoms with Crippen LogP contribution in [0, 0.1) is 6.92 Å². The molecule has 6 heteroatoms. The summed E-state index contributed by atoms with van der Waals surface area (Å²) in [6.45, 7) is 7.25. The van der Waals surface area contributed by atoms with Crippen molar-refractivity contribution in [2.75, 3.05) is 19.7 Å². The van der Waals surface area contributed by atoms with E-state index in [1.807, 2.05) is 56.0 Å². The fraction of sp³-hybridized carbons (Fsp3) is 0.474. The number of rotatable bonds is 5. The van der Waals surface area contributed by atoms with Crippen molar-refractivity contribution in [3.63, 3.8) is 0 Å². The van der Waals surface area contributed by atoms with Gasteiger partial charge in [0.2, 0.25) is 5.91 Å². The number of carbonyl (C=O) groups excluding carboxylic acids is 1. The van der Waals surface area contributed by atoms with E-state index >= 15 is 0 Å². The van der Waals surface area contributed by atoms with E-state index in [9.17, 15) is 4.79 Å². The lowest BCUT2D eigenvalue weighted by atomic mass is 10.0. The molecule has 0 bridgehead atoms. The number of amides is 1. The Morgan fingerprint density at radius 1 is 1.36 bits per heavy atom. The normalized spacial score (nSPS) is 19.6. The Morgan fingerprint density at radius 2 is 2.12 bits per heavy atom. The molecular weight excluding hydrogens is 320 g/mol. The quantitative estimate of drug-likeness (QED) is 0.834. The highest BCUT2D eigenvalue weighted by atomic mass is 16.5. The molecule has 1 atom stereocenters. The Bertz CT molecular complexity index is 711. The lowest BCUT2D eigenvalue weighted by molar-refractivity contribution is -0.165. The number of aromatic nitrogens is 1. The average molecular weight is 344 g/mol. The molecular formula is C19H24N2O4. The summed E-state index contributed by atoms with van der Waals surface area (Å²) in [5, 5.41) is 3.90. The van der Waals surface area contributed by atoms with Crippen LogP contribution in [0.5, 0.6) is 5.75 Å². The van der Waals surface area contributed by atoms with Crippen LogP contribution in [0.15, 0.2) is 40.9 Å². The van der Waals surface area contributed by atoms with E-state index in [-0.39, 0.29) is 18.4 Å². The van der Waals surface area contributed by atoms with Crippen molar-refractivity contribution in [3.05, 3.63) is 47.9 Å². The smallest absolute Gasteiger partial charge is 0.228 e. The molecule has 1 amide bonds. The highest BCUT2D eigenvalue weighted by Crippen LogP contribution is 2.22. The van der Waals surface area contributed by atoms with Crippen molar-refractivity contribution in [2.24, 2.45) is 0 Å². The van der Waals surface area contributed by atoms with Crippen LogP contribution in [0.1, 0.15) is 25.3 Å². The van der Waals surface area contributed by atoms with Gasteiger partial charge in [-0.1, -0.05) is 23.4 Å². The molecule has 1 aliphatic rings. The predicted molar refractivity (Wildman–Crippen MR) is 92.4 cm³/mol. The van der Waals surface area contributed by atoms with Crippen LogP contribution >= 0.6 is 0 Å². The van der Waals surface area contributed by atoms with E-state index in [1.165, 1.54) is 0 Å². The first-order valence-electron chi connectivity index (χ1n) is 8.47. The second-order valence-corrected chi connectivity index (χ2v) is 7.00. The SMILES string of the molecule is Cc1cc(CC(=O)N2C[C@@H](COc3ccccc3)OC(C)(C)C2)no1. The largest absolute Gasteiger partial charge is 0.491 e. The average Bonchev–Trinajstić information content (AvgIpc) is 2.97. The van der Waals surface area contributed by atoms with Crippen molar-refractivity contribution in [1.29, 1.82) is 0 Å². The van der Waals surface area contributed by atoms with Gasteiger partial charge >= 0.3 is 0 Å². The lowest BCUT2D eigenvalue weighted by Gasteiger charge is -2.42. The minimum Gasteiger partial charge on any atom is -0.491 e. The van der Waals surface area contributed by atoms with E-state index in [0.29, 0.717) is 31.2 Å². The standard InChI is InChI=1S/C19H24N2O4/c1-14-9-15(20-25-14)10-18(22)21-11-17(24-19(2,3)13-21)12-23-16-7-5-4-6-8-16/h4-9,17H,10-13H2,1-3H3/t17-/m0/s1. The van der Waals surface area contributed by atoms with E-state index in [0.717, 1.165) is 5.75 Å². The van der Waals surface area contributed by atoms with Crippen LogP contribution in [-0.2, 0) is 16.0 Å². The zero-order valence-corrected chi connectivity index (χ0v) is 14.9. The first-order valence-corrected chi connectivity index (χ1v) is 8.47. The van der Waals surface area contributed by atoms with Crippen molar-refractivity contribution < 1.29 is 18.8 Å². The molecule has 0 radical (unpaired) electrons. The minimum atomic E-state index is -0.418. The number of para-hydroxylation sites is 1. The van der Waals surface area contributed by atoms with Crippen LogP contribution in [0.2, 0.25) is 0 Å². The molecule has 1 aromatic heterocycles. The lowest BCUT2D eigenvalue weighted by Crippen LogP contribution is -2.56. The molecule has 0 spiro atoms. The fourth-order valence-electron chi connectivity index (χ4n) is 3.05. The maximum absolute atomic E-state index is 12.6. The van der Waals surface area contributed by atoms with Gasteiger partial charge in [0, 0.05) is 12.6 Å². The van der Waals surface area contributed by atoms with E-state index < -0.39 is 5.60 Å².